The van der Waals surface area contributed by atoms with Crippen LogP contribution in [0.1, 0.15) is 36.0 Å². The van der Waals surface area contributed by atoms with E-state index in [-0.39, 0.29) is 5.91 Å². The number of carbonyl (C=O) groups excluding carboxylic acids is 1. The maximum absolute atomic E-state index is 12.0. The van der Waals surface area contributed by atoms with E-state index in [1.54, 1.807) is 0 Å². The van der Waals surface area contributed by atoms with Crippen molar-refractivity contribution in [2.75, 3.05) is 6.54 Å². The van der Waals surface area contributed by atoms with E-state index in [1.165, 1.54) is 0 Å². The first-order valence-corrected chi connectivity index (χ1v) is 7.85. The van der Waals surface area contributed by atoms with Crippen molar-refractivity contribution in [1.29, 1.82) is 0 Å². The van der Waals surface area contributed by atoms with Crippen molar-refractivity contribution in [3.8, 4) is 0 Å². The van der Waals surface area contributed by atoms with Gasteiger partial charge in [-0.2, -0.15) is 0 Å². The number of halogens is 2. The van der Waals surface area contributed by atoms with Crippen LogP contribution in [0, 0.1) is 9.49 Å². The van der Waals surface area contributed by atoms with Gasteiger partial charge in [-0.25, -0.2) is 0 Å². The molecule has 1 aliphatic rings. The number of rotatable bonds is 3. The van der Waals surface area contributed by atoms with Gasteiger partial charge in [-0.05, 0) is 66.3 Å². The minimum atomic E-state index is 0.0352. The van der Waals surface area contributed by atoms with Crippen LogP contribution < -0.4 is 5.32 Å². The van der Waals surface area contributed by atoms with E-state index in [2.05, 4.69) is 27.9 Å². The van der Waals surface area contributed by atoms with Crippen molar-refractivity contribution in [1.82, 2.24) is 5.32 Å². The van der Waals surface area contributed by atoms with Gasteiger partial charge in [-0.1, -0.05) is 12.1 Å². The number of nitrogens with one attached hydrogen (secondary N) is 1. The number of amides is 1. The van der Waals surface area contributed by atoms with Gasteiger partial charge >= 0.3 is 0 Å². The predicted molar refractivity (Wildman–Crippen MR) is 83.1 cm³/mol. The van der Waals surface area contributed by atoms with Crippen molar-refractivity contribution in [2.45, 2.75) is 31.1 Å². The molecule has 0 heterocycles. The molecular formula is C14H17ClINO. The van der Waals surface area contributed by atoms with Crippen LogP contribution >= 0.6 is 34.2 Å². The molecule has 1 aliphatic carbocycles. The summed E-state index contributed by atoms with van der Waals surface area (Å²) >= 11 is 8.27. The van der Waals surface area contributed by atoms with Crippen LogP contribution in [-0.4, -0.2) is 17.8 Å². The highest BCUT2D eigenvalue weighted by molar-refractivity contribution is 14.1. The largest absolute Gasteiger partial charge is 0.352 e. The molecule has 0 aromatic heterocycles. The zero-order valence-corrected chi connectivity index (χ0v) is 13.1. The average Bonchev–Trinajstić information content (AvgIpc) is 2.38. The number of hydrogen-bond donors (Lipinski definition) is 1. The molecule has 2 rings (SSSR count). The average molecular weight is 378 g/mol. The van der Waals surface area contributed by atoms with Crippen molar-refractivity contribution < 1.29 is 4.79 Å². The van der Waals surface area contributed by atoms with Crippen LogP contribution in [0.2, 0.25) is 0 Å². The Morgan fingerprint density at radius 1 is 1.28 bits per heavy atom. The number of carbonyl (C=O) groups is 1. The fourth-order valence-corrected chi connectivity index (χ4v) is 3.19. The van der Waals surface area contributed by atoms with Crippen molar-refractivity contribution in [3.63, 3.8) is 0 Å². The minimum Gasteiger partial charge on any atom is -0.352 e. The third-order valence-corrected chi connectivity index (χ3v) is 4.82. The van der Waals surface area contributed by atoms with Crippen molar-refractivity contribution >= 4 is 40.1 Å². The van der Waals surface area contributed by atoms with Crippen molar-refractivity contribution in [2.24, 2.45) is 5.92 Å². The molecule has 1 N–H and O–H groups in total. The molecule has 1 amide bonds. The Kier molecular flexibility index (Phi) is 5.30. The number of alkyl halides is 1. The second-order valence-electron chi connectivity index (χ2n) is 4.81. The Balaban J connectivity index is 1.84. The lowest BCUT2D eigenvalue weighted by molar-refractivity contribution is 0.0943. The Morgan fingerprint density at radius 3 is 2.61 bits per heavy atom. The first-order chi connectivity index (χ1) is 8.66. The fraction of sp³-hybridized carbons (Fsp3) is 0.500. The summed E-state index contributed by atoms with van der Waals surface area (Å²) in [5.74, 6) is 0.623. The second-order valence-corrected chi connectivity index (χ2v) is 6.59. The summed E-state index contributed by atoms with van der Waals surface area (Å²) in [6.45, 7) is 0.771. The maximum Gasteiger partial charge on any atom is 0.252 e. The summed E-state index contributed by atoms with van der Waals surface area (Å²) in [5.41, 5.74) is 0.768. The van der Waals surface area contributed by atoms with Crippen molar-refractivity contribution in [3.05, 3.63) is 33.4 Å². The van der Waals surface area contributed by atoms with Gasteiger partial charge < -0.3 is 5.32 Å². The summed E-state index contributed by atoms with van der Waals surface area (Å²) < 4.78 is 0.997. The van der Waals surface area contributed by atoms with E-state index < -0.39 is 0 Å². The quantitative estimate of drug-likeness (QED) is 0.630. The molecule has 1 aromatic rings. The molecule has 0 radical (unpaired) electrons. The lowest BCUT2D eigenvalue weighted by atomic mass is 9.89. The van der Waals surface area contributed by atoms with Gasteiger partial charge in [-0.15, -0.1) is 11.6 Å². The van der Waals surface area contributed by atoms with E-state index in [9.17, 15) is 4.79 Å². The summed E-state index contributed by atoms with van der Waals surface area (Å²) in [7, 11) is 0. The van der Waals surface area contributed by atoms with E-state index in [4.69, 9.17) is 11.6 Å². The molecule has 1 fully saturated rings. The zero-order valence-electron chi connectivity index (χ0n) is 10.2. The summed E-state index contributed by atoms with van der Waals surface area (Å²) in [6, 6.07) is 7.66. The van der Waals surface area contributed by atoms with Gasteiger partial charge in [0.1, 0.15) is 0 Å². The molecule has 18 heavy (non-hydrogen) atoms. The Hall–Kier alpha value is -0.290. The topological polar surface area (TPSA) is 29.1 Å². The Labute approximate surface area is 127 Å². The van der Waals surface area contributed by atoms with Crippen LogP contribution in [0.5, 0.6) is 0 Å². The van der Waals surface area contributed by atoms with E-state index in [1.807, 2.05) is 24.3 Å². The third kappa shape index (κ3) is 3.85. The highest BCUT2D eigenvalue weighted by Crippen LogP contribution is 2.27. The van der Waals surface area contributed by atoms with Gasteiger partial charge in [-0.3, -0.25) is 4.79 Å². The lowest BCUT2D eigenvalue weighted by Gasteiger charge is -2.25. The van der Waals surface area contributed by atoms with Crippen LogP contribution in [0.4, 0.5) is 0 Å². The first kappa shape index (κ1) is 14.1. The fourth-order valence-electron chi connectivity index (χ4n) is 2.30. The molecule has 0 unspecified atom stereocenters. The minimum absolute atomic E-state index is 0.0352. The molecule has 4 heteroatoms. The van der Waals surface area contributed by atoms with Gasteiger partial charge in [0.05, 0.1) is 5.56 Å². The normalized spacial score (nSPS) is 23.7. The molecule has 0 saturated heterocycles. The van der Waals surface area contributed by atoms with E-state index in [0.717, 1.165) is 41.4 Å². The molecule has 0 spiro atoms. The molecule has 2 nitrogen and oxygen atoms in total. The van der Waals surface area contributed by atoms with Crippen LogP contribution in [-0.2, 0) is 0 Å². The highest BCUT2D eigenvalue weighted by atomic mass is 127. The van der Waals surface area contributed by atoms with Gasteiger partial charge in [0.2, 0.25) is 0 Å². The summed E-state index contributed by atoms with van der Waals surface area (Å²) in [5, 5.41) is 3.38. The number of benzene rings is 1. The summed E-state index contributed by atoms with van der Waals surface area (Å²) in [6.07, 6.45) is 4.40. The predicted octanol–water partition coefficient (Wildman–Crippen LogP) is 3.82. The molecule has 0 aliphatic heterocycles. The SMILES string of the molecule is O=C(NCC1CCC(Cl)CC1)c1ccccc1I. The van der Waals surface area contributed by atoms with E-state index in [0.29, 0.717) is 11.3 Å². The molecule has 1 saturated carbocycles. The molecule has 98 valence electrons. The lowest BCUT2D eigenvalue weighted by Crippen LogP contribution is -2.31. The maximum atomic E-state index is 12.0. The van der Waals surface area contributed by atoms with Gasteiger partial charge in [0, 0.05) is 15.5 Å². The zero-order chi connectivity index (χ0) is 13.0. The van der Waals surface area contributed by atoms with Gasteiger partial charge in [0.25, 0.3) is 5.91 Å². The first-order valence-electron chi connectivity index (χ1n) is 6.33. The van der Waals surface area contributed by atoms with Gasteiger partial charge in [0.15, 0.2) is 0 Å². The second kappa shape index (κ2) is 6.75. The monoisotopic (exact) mass is 377 g/mol. The smallest absolute Gasteiger partial charge is 0.252 e. The highest BCUT2D eigenvalue weighted by Gasteiger charge is 2.20. The molecule has 1 aromatic carbocycles. The molecule has 0 atom stereocenters. The summed E-state index contributed by atoms with van der Waals surface area (Å²) in [4.78, 5) is 12.0. The van der Waals surface area contributed by atoms with Crippen LogP contribution in [0.15, 0.2) is 24.3 Å². The third-order valence-electron chi connectivity index (χ3n) is 3.45. The Bertz CT molecular complexity index is 416. The van der Waals surface area contributed by atoms with E-state index >= 15 is 0 Å². The molecule has 0 bridgehead atoms. The van der Waals surface area contributed by atoms with Crippen LogP contribution in [0.25, 0.3) is 0 Å². The number of hydrogen-bond acceptors (Lipinski definition) is 1. The molecular weight excluding hydrogens is 361 g/mol. The Morgan fingerprint density at radius 2 is 1.94 bits per heavy atom. The van der Waals surface area contributed by atoms with Crippen LogP contribution in [0.3, 0.4) is 0 Å². The standard InChI is InChI=1S/C14H17ClINO/c15-11-7-5-10(6-8-11)9-17-14(18)12-3-1-2-4-13(12)16/h1-4,10-11H,5-9H2,(H,17,18).